The van der Waals surface area contributed by atoms with Gasteiger partial charge in [0.05, 0.1) is 12.1 Å². The lowest BCUT2D eigenvalue weighted by Gasteiger charge is -2.26. The summed E-state index contributed by atoms with van der Waals surface area (Å²) in [4.78, 5) is 17.4. The van der Waals surface area contributed by atoms with Crippen LogP contribution in [0.4, 0.5) is 0 Å². The van der Waals surface area contributed by atoms with E-state index in [4.69, 9.17) is 5.53 Å². The van der Waals surface area contributed by atoms with E-state index in [-0.39, 0.29) is 23.9 Å². The third-order valence-corrected chi connectivity index (χ3v) is 4.70. The van der Waals surface area contributed by atoms with E-state index in [1.165, 1.54) is 0 Å². The van der Waals surface area contributed by atoms with Crippen LogP contribution >= 0.6 is 0 Å². The molecule has 0 N–H and O–H groups in total. The van der Waals surface area contributed by atoms with Crippen molar-refractivity contribution in [2.45, 2.75) is 25.4 Å². The van der Waals surface area contributed by atoms with Crippen molar-refractivity contribution in [2.24, 2.45) is 11.0 Å². The Morgan fingerprint density at radius 2 is 1.67 bits per heavy atom. The molecule has 0 aliphatic carbocycles. The van der Waals surface area contributed by atoms with Crippen LogP contribution in [0.15, 0.2) is 65.8 Å². The Morgan fingerprint density at radius 3 is 2.25 bits per heavy atom. The van der Waals surface area contributed by atoms with E-state index in [9.17, 15) is 4.79 Å². The lowest BCUT2D eigenvalue weighted by atomic mass is 9.93. The van der Waals surface area contributed by atoms with Crippen molar-refractivity contribution in [1.82, 2.24) is 4.90 Å². The van der Waals surface area contributed by atoms with E-state index >= 15 is 0 Å². The molecule has 1 aliphatic heterocycles. The normalized spacial score (nSPS) is 19.6. The van der Waals surface area contributed by atoms with Crippen molar-refractivity contribution in [1.29, 1.82) is 0 Å². The number of hydrogen-bond donors (Lipinski definition) is 0. The fourth-order valence-corrected chi connectivity index (χ4v) is 3.40. The van der Waals surface area contributed by atoms with E-state index in [2.05, 4.69) is 10.0 Å². The van der Waals surface area contributed by atoms with E-state index in [1.807, 2.05) is 72.5 Å². The van der Waals surface area contributed by atoms with Crippen LogP contribution in [0.2, 0.25) is 0 Å². The molecule has 0 saturated carbocycles. The zero-order valence-electron chi connectivity index (χ0n) is 13.6. The summed E-state index contributed by atoms with van der Waals surface area (Å²) in [6.45, 7) is 2.65. The second kappa shape index (κ2) is 7.20. The highest BCUT2D eigenvalue weighted by atomic mass is 16.2. The molecule has 1 saturated heterocycles. The first-order valence-corrected chi connectivity index (χ1v) is 8.14. The first-order chi connectivity index (χ1) is 11.7. The van der Waals surface area contributed by atoms with Gasteiger partial charge in [0.15, 0.2) is 0 Å². The molecule has 2 aromatic rings. The molecule has 1 amide bonds. The second-order valence-electron chi connectivity index (χ2n) is 6.16. The minimum atomic E-state index is -0.312. The number of azide groups is 1. The van der Waals surface area contributed by atoms with E-state index in [0.717, 1.165) is 11.1 Å². The van der Waals surface area contributed by atoms with Crippen molar-refractivity contribution in [2.75, 3.05) is 6.54 Å². The van der Waals surface area contributed by atoms with Gasteiger partial charge in [0, 0.05) is 17.9 Å². The molecule has 0 bridgehead atoms. The summed E-state index contributed by atoms with van der Waals surface area (Å²) in [7, 11) is 0. The number of amides is 1. The molecule has 1 heterocycles. The minimum absolute atomic E-state index is 0.00182. The number of rotatable bonds is 5. The predicted molar refractivity (Wildman–Crippen MR) is 93.0 cm³/mol. The Morgan fingerprint density at radius 1 is 1.08 bits per heavy atom. The molecule has 3 atom stereocenters. The Hall–Kier alpha value is -2.78. The van der Waals surface area contributed by atoms with Crippen molar-refractivity contribution in [3.8, 4) is 0 Å². The average molecular weight is 320 g/mol. The minimum Gasteiger partial charge on any atom is -0.336 e. The monoisotopic (exact) mass is 320 g/mol. The first-order valence-electron chi connectivity index (χ1n) is 8.14. The summed E-state index contributed by atoms with van der Waals surface area (Å²) in [6.07, 6.45) is 0.412. The van der Waals surface area contributed by atoms with Gasteiger partial charge in [-0.25, -0.2) is 0 Å². The topological polar surface area (TPSA) is 69.1 Å². The van der Waals surface area contributed by atoms with Gasteiger partial charge in [-0.15, -0.1) is 0 Å². The summed E-state index contributed by atoms with van der Waals surface area (Å²) in [6, 6.07) is 19.4. The lowest BCUT2D eigenvalue weighted by molar-refractivity contribution is -0.129. The molecule has 0 radical (unpaired) electrons. The summed E-state index contributed by atoms with van der Waals surface area (Å²) >= 11 is 0. The largest absolute Gasteiger partial charge is 0.336 e. The molecule has 0 aromatic heterocycles. The fraction of sp³-hybridized carbons (Fsp3) is 0.316. The van der Waals surface area contributed by atoms with E-state index in [1.54, 1.807) is 0 Å². The van der Waals surface area contributed by atoms with Gasteiger partial charge in [-0.3, -0.25) is 4.79 Å². The maximum atomic E-state index is 12.5. The van der Waals surface area contributed by atoms with Gasteiger partial charge in [0.1, 0.15) is 0 Å². The molecule has 0 spiro atoms. The van der Waals surface area contributed by atoms with Crippen molar-refractivity contribution >= 4 is 5.91 Å². The number of benzene rings is 2. The van der Waals surface area contributed by atoms with Crippen molar-refractivity contribution in [3.05, 3.63) is 82.2 Å². The third kappa shape index (κ3) is 3.26. The molecule has 122 valence electrons. The van der Waals surface area contributed by atoms with Gasteiger partial charge in [-0.05, 0) is 29.5 Å². The molecular formula is C19H20N4O. The maximum Gasteiger partial charge on any atom is 0.223 e. The highest BCUT2D eigenvalue weighted by molar-refractivity contribution is 5.79. The van der Waals surface area contributed by atoms with Gasteiger partial charge >= 0.3 is 0 Å². The molecule has 2 aromatic carbocycles. The fourth-order valence-electron chi connectivity index (χ4n) is 3.40. The van der Waals surface area contributed by atoms with Crippen LogP contribution < -0.4 is 0 Å². The predicted octanol–water partition coefficient (Wildman–Crippen LogP) is 4.65. The highest BCUT2D eigenvalue weighted by Gasteiger charge is 2.37. The van der Waals surface area contributed by atoms with Crippen molar-refractivity contribution in [3.63, 3.8) is 0 Å². The molecule has 5 heteroatoms. The SMILES string of the molecule is CC(c1ccccc1)N1C[C@H](C(N=[N+]=[N-])c2ccccc2)CC1=O. The second-order valence-corrected chi connectivity index (χ2v) is 6.16. The Balaban J connectivity index is 1.81. The summed E-state index contributed by atoms with van der Waals surface area (Å²) in [5.41, 5.74) is 11.0. The average Bonchev–Trinajstić information content (AvgIpc) is 3.02. The molecular weight excluding hydrogens is 300 g/mol. The zero-order chi connectivity index (χ0) is 16.9. The quantitative estimate of drug-likeness (QED) is 0.449. The van der Waals surface area contributed by atoms with Crippen LogP contribution in [-0.4, -0.2) is 17.4 Å². The van der Waals surface area contributed by atoms with E-state index in [0.29, 0.717) is 13.0 Å². The molecule has 3 rings (SSSR count). The van der Waals surface area contributed by atoms with Crippen LogP contribution in [-0.2, 0) is 4.79 Å². The Kier molecular flexibility index (Phi) is 4.82. The van der Waals surface area contributed by atoms with Crippen LogP contribution in [0.1, 0.15) is 36.6 Å². The summed E-state index contributed by atoms with van der Waals surface area (Å²) < 4.78 is 0. The van der Waals surface area contributed by atoms with Gasteiger partial charge in [0.2, 0.25) is 5.91 Å². The van der Waals surface area contributed by atoms with Gasteiger partial charge in [-0.2, -0.15) is 0 Å². The summed E-state index contributed by atoms with van der Waals surface area (Å²) in [5.74, 6) is 0.118. The van der Waals surface area contributed by atoms with Crippen LogP contribution in [0.25, 0.3) is 10.4 Å². The van der Waals surface area contributed by atoms with Gasteiger partial charge in [0.25, 0.3) is 0 Å². The maximum absolute atomic E-state index is 12.5. The van der Waals surface area contributed by atoms with Crippen LogP contribution in [0, 0.1) is 5.92 Å². The summed E-state index contributed by atoms with van der Waals surface area (Å²) in [5, 5.41) is 3.98. The molecule has 5 nitrogen and oxygen atoms in total. The zero-order valence-corrected chi connectivity index (χ0v) is 13.6. The molecule has 24 heavy (non-hydrogen) atoms. The lowest BCUT2D eigenvalue weighted by Crippen LogP contribution is -2.29. The van der Waals surface area contributed by atoms with Crippen LogP contribution in [0.5, 0.6) is 0 Å². The van der Waals surface area contributed by atoms with Crippen LogP contribution in [0.3, 0.4) is 0 Å². The highest BCUT2D eigenvalue weighted by Crippen LogP contribution is 2.37. The van der Waals surface area contributed by atoms with Gasteiger partial charge < -0.3 is 4.90 Å². The number of hydrogen-bond acceptors (Lipinski definition) is 2. The smallest absolute Gasteiger partial charge is 0.223 e. The molecule has 1 fully saturated rings. The molecule has 1 aliphatic rings. The first kappa shape index (κ1) is 16.1. The Labute approximate surface area is 141 Å². The van der Waals surface area contributed by atoms with E-state index < -0.39 is 0 Å². The number of likely N-dealkylation sites (tertiary alicyclic amines) is 1. The number of carbonyl (C=O) groups excluding carboxylic acids is 1. The van der Waals surface area contributed by atoms with Gasteiger partial charge in [-0.1, -0.05) is 65.8 Å². The number of nitrogens with zero attached hydrogens (tertiary/aromatic N) is 4. The third-order valence-electron chi connectivity index (χ3n) is 4.70. The molecule has 2 unspecified atom stereocenters. The Bertz CT molecular complexity index is 740. The number of carbonyl (C=O) groups is 1. The standard InChI is InChI=1S/C19H20N4O/c1-14(15-8-4-2-5-9-15)23-13-17(12-18(23)24)19(21-22-20)16-10-6-3-7-11-16/h2-11,14,17,19H,12-13H2,1H3/t14?,17-,19?/m1/s1. The van der Waals surface area contributed by atoms with Crippen molar-refractivity contribution < 1.29 is 4.79 Å².